The van der Waals surface area contributed by atoms with Crippen LogP contribution in [-0.2, 0) is 13.0 Å². The zero-order valence-corrected chi connectivity index (χ0v) is 12.8. The molecule has 0 spiro atoms. The minimum atomic E-state index is -0.990. The monoisotopic (exact) mass is 288 g/mol. The topological polar surface area (TPSA) is 64.4 Å². The molecule has 1 heterocycles. The number of aromatic carboxylic acids is 1. The number of hydrogen-bond donors (Lipinski definition) is 1. The van der Waals surface area contributed by atoms with E-state index >= 15 is 0 Å². The molecule has 1 N–H and O–H groups in total. The Balaban J connectivity index is 2.36. The highest BCUT2D eigenvalue weighted by Crippen LogP contribution is 2.21. The molecule has 21 heavy (non-hydrogen) atoms. The van der Waals surface area contributed by atoms with Gasteiger partial charge in [0.25, 0.3) is 0 Å². The summed E-state index contributed by atoms with van der Waals surface area (Å²) in [5.41, 5.74) is 4.47. The second-order valence-electron chi connectivity index (χ2n) is 5.00. The maximum Gasteiger partial charge on any atom is 0.339 e. The third-order valence-corrected chi connectivity index (χ3v) is 3.71. The van der Waals surface area contributed by atoms with Crippen LogP contribution in [0.15, 0.2) is 18.2 Å². The molecule has 0 radical (unpaired) electrons. The molecule has 0 aliphatic rings. The highest BCUT2D eigenvalue weighted by atomic mass is 16.5. The molecule has 0 amide bonds. The van der Waals surface area contributed by atoms with Crippen LogP contribution >= 0.6 is 0 Å². The number of aryl methyl sites for hydroxylation is 1. The molecular weight excluding hydrogens is 268 g/mol. The van der Waals surface area contributed by atoms with Gasteiger partial charge in [0.05, 0.1) is 19.3 Å². The molecule has 0 atom stereocenters. The highest BCUT2D eigenvalue weighted by molar-refractivity contribution is 5.91. The van der Waals surface area contributed by atoms with Gasteiger partial charge in [0.15, 0.2) is 0 Å². The Labute approximate surface area is 124 Å². The molecule has 112 valence electrons. The van der Waals surface area contributed by atoms with E-state index < -0.39 is 5.97 Å². The minimum Gasteiger partial charge on any atom is -0.496 e. The first kappa shape index (κ1) is 15.1. The number of hydrogen-bond acceptors (Lipinski definition) is 3. The molecule has 5 nitrogen and oxygen atoms in total. The molecule has 0 fully saturated rings. The first-order valence-corrected chi connectivity index (χ1v) is 6.91. The second kappa shape index (κ2) is 5.99. The van der Waals surface area contributed by atoms with Crippen molar-refractivity contribution in [1.29, 1.82) is 0 Å². The van der Waals surface area contributed by atoms with Gasteiger partial charge in [0.1, 0.15) is 11.3 Å². The van der Waals surface area contributed by atoms with E-state index in [2.05, 4.69) is 12.0 Å². The SMILES string of the molecule is CCc1c(C)nn(Cc2ccc(OC)c(C(=O)O)c2)c1C. The van der Waals surface area contributed by atoms with Crippen molar-refractivity contribution in [1.82, 2.24) is 9.78 Å². The van der Waals surface area contributed by atoms with Crippen LogP contribution in [0.5, 0.6) is 5.75 Å². The fourth-order valence-corrected chi connectivity index (χ4v) is 2.59. The number of ether oxygens (including phenoxy) is 1. The van der Waals surface area contributed by atoms with Crippen LogP contribution in [-0.4, -0.2) is 28.0 Å². The Morgan fingerprint density at radius 3 is 2.62 bits per heavy atom. The molecule has 2 aromatic rings. The summed E-state index contributed by atoms with van der Waals surface area (Å²) in [5, 5.41) is 13.8. The lowest BCUT2D eigenvalue weighted by molar-refractivity contribution is 0.0693. The fourth-order valence-electron chi connectivity index (χ4n) is 2.59. The molecular formula is C16H20N2O3. The van der Waals surface area contributed by atoms with Gasteiger partial charge in [-0.1, -0.05) is 13.0 Å². The van der Waals surface area contributed by atoms with Crippen molar-refractivity contribution in [3.8, 4) is 5.75 Å². The van der Waals surface area contributed by atoms with E-state index in [-0.39, 0.29) is 5.56 Å². The van der Waals surface area contributed by atoms with E-state index in [1.165, 1.54) is 12.7 Å². The number of rotatable bonds is 5. The van der Waals surface area contributed by atoms with Crippen LogP contribution in [0.2, 0.25) is 0 Å². The fraction of sp³-hybridized carbons (Fsp3) is 0.375. The molecule has 0 unspecified atom stereocenters. The van der Waals surface area contributed by atoms with Crippen molar-refractivity contribution in [3.05, 3.63) is 46.3 Å². The normalized spacial score (nSPS) is 10.7. The van der Waals surface area contributed by atoms with Crippen LogP contribution in [0.25, 0.3) is 0 Å². The van der Waals surface area contributed by atoms with Gasteiger partial charge in [-0.15, -0.1) is 0 Å². The zero-order chi connectivity index (χ0) is 15.6. The average Bonchev–Trinajstić information content (AvgIpc) is 2.72. The third-order valence-electron chi connectivity index (χ3n) is 3.71. The highest BCUT2D eigenvalue weighted by Gasteiger charge is 2.14. The van der Waals surface area contributed by atoms with Crippen molar-refractivity contribution < 1.29 is 14.6 Å². The largest absolute Gasteiger partial charge is 0.496 e. The van der Waals surface area contributed by atoms with E-state index in [0.717, 1.165) is 23.4 Å². The third kappa shape index (κ3) is 2.91. The molecule has 1 aromatic heterocycles. The van der Waals surface area contributed by atoms with Crippen molar-refractivity contribution >= 4 is 5.97 Å². The number of aromatic nitrogens is 2. The lowest BCUT2D eigenvalue weighted by Gasteiger charge is -2.09. The molecule has 0 aliphatic heterocycles. The predicted molar refractivity (Wildman–Crippen MR) is 80.1 cm³/mol. The summed E-state index contributed by atoms with van der Waals surface area (Å²) in [6.45, 7) is 6.70. The van der Waals surface area contributed by atoms with E-state index in [1.54, 1.807) is 12.1 Å². The summed E-state index contributed by atoms with van der Waals surface area (Å²) in [6.07, 6.45) is 0.945. The predicted octanol–water partition coefficient (Wildman–Crippen LogP) is 2.82. The van der Waals surface area contributed by atoms with Crippen LogP contribution in [0.4, 0.5) is 0 Å². The standard InChI is InChI=1S/C16H20N2O3/c1-5-13-10(2)17-18(11(13)3)9-12-6-7-15(21-4)14(8-12)16(19)20/h6-8H,5,9H2,1-4H3,(H,19,20). The molecule has 0 saturated heterocycles. The van der Waals surface area contributed by atoms with E-state index in [1.807, 2.05) is 24.6 Å². The number of carboxylic acids is 1. The number of carbonyl (C=O) groups is 1. The average molecular weight is 288 g/mol. The first-order chi connectivity index (χ1) is 9.97. The number of methoxy groups -OCH3 is 1. The Morgan fingerprint density at radius 2 is 2.10 bits per heavy atom. The maximum absolute atomic E-state index is 11.3. The van der Waals surface area contributed by atoms with Gasteiger partial charge in [0, 0.05) is 5.69 Å². The Morgan fingerprint density at radius 1 is 1.38 bits per heavy atom. The van der Waals surface area contributed by atoms with E-state index in [0.29, 0.717) is 12.3 Å². The lowest BCUT2D eigenvalue weighted by atomic mass is 10.1. The number of carboxylic acid groups (broad SMARTS) is 1. The van der Waals surface area contributed by atoms with Crippen LogP contribution < -0.4 is 4.74 Å². The summed E-state index contributed by atoms with van der Waals surface area (Å²) in [5.74, 6) is -0.620. The second-order valence-corrected chi connectivity index (χ2v) is 5.00. The first-order valence-electron chi connectivity index (χ1n) is 6.91. The summed E-state index contributed by atoms with van der Waals surface area (Å²) in [4.78, 5) is 11.3. The number of benzene rings is 1. The summed E-state index contributed by atoms with van der Waals surface area (Å²) < 4.78 is 6.99. The quantitative estimate of drug-likeness (QED) is 0.919. The van der Waals surface area contributed by atoms with Gasteiger partial charge in [-0.25, -0.2) is 4.79 Å². The van der Waals surface area contributed by atoms with Gasteiger partial charge in [0.2, 0.25) is 0 Å². The van der Waals surface area contributed by atoms with Gasteiger partial charge in [-0.2, -0.15) is 5.10 Å². The molecule has 1 aromatic carbocycles. The van der Waals surface area contributed by atoms with Crippen molar-refractivity contribution in [2.24, 2.45) is 0 Å². The van der Waals surface area contributed by atoms with Gasteiger partial charge in [-0.05, 0) is 43.5 Å². The van der Waals surface area contributed by atoms with Crippen LogP contribution in [0.1, 0.15) is 39.8 Å². The van der Waals surface area contributed by atoms with Crippen LogP contribution in [0, 0.1) is 13.8 Å². The summed E-state index contributed by atoms with van der Waals surface area (Å²) in [7, 11) is 1.47. The van der Waals surface area contributed by atoms with Crippen molar-refractivity contribution in [3.63, 3.8) is 0 Å². The molecule has 5 heteroatoms. The van der Waals surface area contributed by atoms with Crippen molar-refractivity contribution in [2.75, 3.05) is 7.11 Å². The smallest absolute Gasteiger partial charge is 0.339 e. The molecule has 0 saturated carbocycles. The summed E-state index contributed by atoms with van der Waals surface area (Å²) >= 11 is 0. The Hall–Kier alpha value is -2.30. The Bertz CT molecular complexity index is 674. The van der Waals surface area contributed by atoms with Gasteiger partial charge >= 0.3 is 5.97 Å². The van der Waals surface area contributed by atoms with Crippen LogP contribution in [0.3, 0.4) is 0 Å². The van der Waals surface area contributed by atoms with Crippen molar-refractivity contribution in [2.45, 2.75) is 33.7 Å². The van der Waals surface area contributed by atoms with Gasteiger partial charge < -0.3 is 9.84 Å². The molecule has 0 bridgehead atoms. The molecule has 2 rings (SSSR count). The lowest BCUT2D eigenvalue weighted by Crippen LogP contribution is -2.07. The number of nitrogens with zero attached hydrogens (tertiary/aromatic N) is 2. The summed E-state index contributed by atoms with van der Waals surface area (Å²) in [6, 6.07) is 5.20. The van der Waals surface area contributed by atoms with E-state index in [4.69, 9.17) is 4.74 Å². The van der Waals surface area contributed by atoms with E-state index in [9.17, 15) is 9.90 Å². The zero-order valence-electron chi connectivity index (χ0n) is 12.8. The Kier molecular flexibility index (Phi) is 4.31. The minimum absolute atomic E-state index is 0.173. The maximum atomic E-state index is 11.3. The van der Waals surface area contributed by atoms with Gasteiger partial charge in [-0.3, -0.25) is 4.68 Å². The molecule has 0 aliphatic carbocycles.